The quantitative estimate of drug-likeness (QED) is 0.502. The van der Waals surface area contributed by atoms with Crippen LogP contribution < -0.4 is 11.1 Å². The first-order valence-electron chi connectivity index (χ1n) is 9.98. The van der Waals surface area contributed by atoms with Crippen LogP contribution in [0.3, 0.4) is 0 Å². The minimum atomic E-state index is -0.557. The molecule has 0 unspecified atom stereocenters. The van der Waals surface area contributed by atoms with E-state index in [-0.39, 0.29) is 23.7 Å². The van der Waals surface area contributed by atoms with Crippen molar-refractivity contribution in [2.45, 2.75) is 26.3 Å². The van der Waals surface area contributed by atoms with Crippen molar-refractivity contribution in [3.05, 3.63) is 83.4 Å². The lowest BCUT2D eigenvalue weighted by molar-refractivity contribution is 0.0947. The van der Waals surface area contributed by atoms with Gasteiger partial charge in [-0.2, -0.15) is 0 Å². The van der Waals surface area contributed by atoms with Crippen molar-refractivity contribution in [1.29, 1.82) is 0 Å². The summed E-state index contributed by atoms with van der Waals surface area (Å²) in [6, 6.07) is 18.3. The Morgan fingerprint density at radius 2 is 1.81 bits per heavy atom. The number of carbonyl (C=O) groups excluding carboxylic acids is 1. The van der Waals surface area contributed by atoms with E-state index in [9.17, 15) is 9.18 Å². The molecule has 6 nitrogen and oxygen atoms in total. The van der Waals surface area contributed by atoms with Gasteiger partial charge in [-0.1, -0.05) is 50.2 Å². The Hall–Kier alpha value is -3.87. The van der Waals surface area contributed by atoms with E-state index in [4.69, 9.17) is 5.73 Å². The van der Waals surface area contributed by atoms with Gasteiger partial charge in [0, 0.05) is 10.9 Å². The molecule has 4 aromatic rings. The lowest BCUT2D eigenvalue weighted by Crippen LogP contribution is -2.25. The highest BCUT2D eigenvalue weighted by molar-refractivity contribution is 6.04. The number of aromatic nitrogens is 3. The molecular weight excluding hydrogens is 393 g/mol. The fourth-order valence-electron chi connectivity index (χ4n) is 3.36. The number of nitrogens with zero attached hydrogens (tertiary/aromatic N) is 3. The highest BCUT2D eigenvalue weighted by atomic mass is 19.1. The van der Waals surface area contributed by atoms with E-state index in [2.05, 4.69) is 46.2 Å². The number of benzene rings is 2. The number of halogens is 1. The Kier molecular flexibility index (Phi) is 5.58. The summed E-state index contributed by atoms with van der Waals surface area (Å²) >= 11 is 0. The SMILES string of the molecule is CC(C)c1cccc(-c2cccc(CNC(=O)c3nc(N)nc4c(F)cccc34)n2)c1. The first kappa shape index (κ1) is 20.4. The first-order chi connectivity index (χ1) is 14.9. The molecule has 2 aromatic carbocycles. The standard InChI is InChI=1S/C24H22FN5O/c1-14(2)15-6-3-7-16(12-15)20-11-4-8-17(28-20)13-27-23(31)22-18-9-5-10-19(25)21(18)29-24(26)30-22/h3-12,14H,13H2,1-2H3,(H,27,31)(H2,26,29,30). The van der Waals surface area contributed by atoms with E-state index in [1.54, 1.807) is 6.07 Å². The van der Waals surface area contributed by atoms with Gasteiger partial charge in [0.05, 0.1) is 17.9 Å². The van der Waals surface area contributed by atoms with Crippen molar-refractivity contribution < 1.29 is 9.18 Å². The van der Waals surface area contributed by atoms with Crippen LogP contribution in [0.2, 0.25) is 0 Å². The summed E-state index contributed by atoms with van der Waals surface area (Å²) in [6.07, 6.45) is 0. The number of fused-ring (bicyclic) bond motifs is 1. The van der Waals surface area contributed by atoms with Crippen LogP contribution in [0.25, 0.3) is 22.2 Å². The molecule has 0 aliphatic heterocycles. The molecule has 1 amide bonds. The van der Waals surface area contributed by atoms with Gasteiger partial charge < -0.3 is 11.1 Å². The number of nitrogens with one attached hydrogen (secondary N) is 1. The van der Waals surface area contributed by atoms with Crippen LogP contribution >= 0.6 is 0 Å². The number of pyridine rings is 1. The lowest BCUT2D eigenvalue weighted by atomic mass is 9.99. The molecule has 0 bridgehead atoms. The molecule has 3 N–H and O–H groups in total. The van der Waals surface area contributed by atoms with Crippen LogP contribution in [0.5, 0.6) is 0 Å². The van der Waals surface area contributed by atoms with Crippen LogP contribution in [-0.2, 0) is 6.54 Å². The molecule has 0 saturated carbocycles. The Bertz CT molecular complexity index is 1270. The molecule has 2 aromatic heterocycles. The Balaban J connectivity index is 1.56. The van der Waals surface area contributed by atoms with Crippen molar-refractivity contribution >= 4 is 22.8 Å². The van der Waals surface area contributed by atoms with Gasteiger partial charge in [0.1, 0.15) is 17.0 Å². The van der Waals surface area contributed by atoms with Crippen LogP contribution in [0.1, 0.15) is 41.5 Å². The van der Waals surface area contributed by atoms with Crippen molar-refractivity contribution in [2.24, 2.45) is 0 Å². The number of carbonyl (C=O) groups is 1. The van der Waals surface area contributed by atoms with Gasteiger partial charge in [-0.05, 0) is 35.7 Å². The molecule has 2 heterocycles. The zero-order valence-electron chi connectivity index (χ0n) is 17.3. The molecule has 0 saturated heterocycles. The van der Waals surface area contributed by atoms with E-state index >= 15 is 0 Å². The van der Waals surface area contributed by atoms with Gasteiger partial charge in [0.2, 0.25) is 5.95 Å². The van der Waals surface area contributed by atoms with Crippen molar-refractivity contribution in [1.82, 2.24) is 20.3 Å². The van der Waals surface area contributed by atoms with E-state index in [1.807, 2.05) is 30.3 Å². The summed E-state index contributed by atoms with van der Waals surface area (Å²) < 4.78 is 14.1. The number of nitrogens with two attached hydrogens (primary N) is 1. The number of rotatable bonds is 5. The Morgan fingerprint density at radius 1 is 1.03 bits per heavy atom. The Morgan fingerprint density at radius 3 is 2.61 bits per heavy atom. The van der Waals surface area contributed by atoms with E-state index in [0.29, 0.717) is 17.0 Å². The average molecular weight is 415 g/mol. The summed E-state index contributed by atoms with van der Waals surface area (Å²) in [5, 5.41) is 3.10. The molecule has 0 atom stereocenters. The smallest absolute Gasteiger partial charge is 0.271 e. The molecule has 31 heavy (non-hydrogen) atoms. The van der Waals surface area contributed by atoms with Crippen LogP contribution in [0.4, 0.5) is 10.3 Å². The predicted molar refractivity (Wildman–Crippen MR) is 119 cm³/mol. The molecular formula is C24H22FN5O. The zero-order chi connectivity index (χ0) is 22.0. The van der Waals surface area contributed by atoms with Crippen LogP contribution in [0.15, 0.2) is 60.7 Å². The second-order valence-electron chi connectivity index (χ2n) is 7.54. The third kappa shape index (κ3) is 4.35. The van der Waals surface area contributed by atoms with Crippen molar-refractivity contribution in [3.63, 3.8) is 0 Å². The number of para-hydroxylation sites is 1. The van der Waals surface area contributed by atoms with E-state index < -0.39 is 11.7 Å². The topological polar surface area (TPSA) is 93.8 Å². The van der Waals surface area contributed by atoms with Gasteiger partial charge in [-0.3, -0.25) is 9.78 Å². The summed E-state index contributed by atoms with van der Waals surface area (Å²) in [6.45, 7) is 4.49. The summed E-state index contributed by atoms with van der Waals surface area (Å²) in [5.41, 5.74) is 9.50. The number of amides is 1. The largest absolute Gasteiger partial charge is 0.368 e. The summed E-state index contributed by atoms with van der Waals surface area (Å²) in [5.74, 6) is -0.771. The fraction of sp³-hybridized carbons (Fsp3) is 0.167. The maximum absolute atomic E-state index is 14.1. The summed E-state index contributed by atoms with van der Waals surface area (Å²) in [4.78, 5) is 25.3. The van der Waals surface area contributed by atoms with Crippen LogP contribution in [0, 0.1) is 5.82 Å². The maximum Gasteiger partial charge on any atom is 0.271 e. The van der Waals surface area contributed by atoms with Crippen LogP contribution in [-0.4, -0.2) is 20.9 Å². The number of hydrogen-bond donors (Lipinski definition) is 2. The molecule has 0 aliphatic rings. The predicted octanol–water partition coefficient (Wildman–Crippen LogP) is 4.47. The molecule has 4 rings (SSSR count). The minimum absolute atomic E-state index is 0.0188. The van der Waals surface area contributed by atoms with Crippen molar-refractivity contribution in [2.75, 3.05) is 5.73 Å². The molecule has 7 heteroatoms. The zero-order valence-corrected chi connectivity index (χ0v) is 17.3. The van der Waals surface area contributed by atoms with Crippen molar-refractivity contribution in [3.8, 4) is 11.3 Å². The second-order valence-corrected chi connectivity index (χ2v) is 7.54. The van der Waals surface area contributed by atoms with Gasteiger partial charge >= 0.3 is 0 Å². The molecule has 0 radical (unpaired) electrons. The lowest BCUT2D eigenvalue weighted by Gasteiger charge is -2.10. The van der Waals surface area contributed by atoms with Gasteiger partial charge in [0.15, 0.2) is 0 Å². The number of hydrogen-bond acceptors (Lipinski definition) is 5. The first-order valence-corrected chi connectivity index (χ1v) is 9.98. The minimum Gasteiger partial charge on any atom is -0.368 e. The van der Waals surface area contributed by atoms with Gasteiger partial charge in [-0.25, -0.2) is 14.4 Å². The third-order valence-corrected chi connectivity index (χ3v) is 5.00. The Labute approximate surface area is 179 Å². The third-order valence-electron chi connectivity index (χ3n) is 5.00. The average Bonchev–Trinajstić information content (AvgIpc) is 2.78. The number of nitrogen functional groups attached to an aromatic ring is 1. The molecule has 0 fully saturated rings. The van der Waals surface area contributed by atoms with E-state index in [1.165, 1.54) is 17.7 Å². The maximum atomic E-state index is 14.1. The van der Waals surface area contributed by atoms with Gasteiger partial charge in [-0.15, -0.1) is 0 Å². The molecule has 0 aliphatic carbocycles. The highest BCUT2D eigenvalue weighted by Crippen LogP contribution is 2.23. The number of anilines is 1. The van der Waals surface area contributed by atoms with E-state index in [0.717, 1.165) is 11.3 Å². The van der Waals surface area contributed by atoms with Gasteiger partial charge in [0.25, 0.3) is 5.91 Å². The molecule has 0 spiro atoms. The molecule has 156 valence electrons. The second kappa shape index (κ2) is 8.47. The fourth-order valence-corrected chi connectivity index (χ4v) is 3.36. The summed E-state index contributed by atoms with van der Waals surface area (Å²) in [7, 11) is 0. The monoisotopic (exact) mass is 415 g/mol. The highest BCUT2D eigenvalue weighted by Gasteiger charge is 2.16. The normalized spacial score (nSPS) is 11.1.